The molecule has 0 spiro atoms. The van der Waals surface area contributed by atoms with Gasteiger partial charge < -0.3 is 14.8 Å². The normalized spacial score (nSPS) is 31.8. The van der Waals surface area contributed by atoms with Gasteiger partial charge in [-0.2, -0.15) is 0 Å². The summed E-state index contributed by atoms with van der Waals surface area (Å²) in [6, 6.07) is 3.49. The molecular weight excluding hydrogens is 278 g/mol. The van der Waals surface area contributed by atoms with Crippen LogP contribution in [0.1, 0.15) is 10.5 Å². The summed E-state index contributed by atoms with van der Waals surface area (Å²) in [6.45, 7) is 0.833. The smallest absolute Gasteiger partial charge is 0.270 e. The van der Waals surface area contributed by atoms with E-state index in [1.54, 1.807) is 23.2 Å². The van der Waals surface area contributed by atoms with E-state index in [9.17, 15) is 13.2 Å². The molecule has 7 heteroatoms. The van der Waals surface area contributed by atoms with Crippen molar-refractivity contribution in [3.05, 3.63) is 24.0 Å². The van der Waals surface area contributed by atoms with E-state index in [1.807, 2.05) is 19.0 Å². The number of nitrogens with zero attached hydrogens (tertiary/aromatic N) is 2. The fourth-order valence-electron chi connectivity index (χ4n) is 3.37. The molecule has 2 aliphatic heterocycles. The van der Waals surface area contributed by atoms with Crippen molar-refractivity contribution < 1.29 is 13.2 Å². The Bertz CT molecular complexity index is 609. The van der Waals surface area contributed by atoms with Crippen LogP contribution in [-0.4, -0.2) is 73.3 Å². The number of aromatic nitrogens is 1. The molecule has 110 valence electrons. The van der Waals surface area contributed by atoms with Crippen LogP contribution in [0.2, 0.25) is 0 Å². The minimum absolute atomic E-state index is 0.00596. The Kier molecular flexibility index (Phi) is 3.13. The minimum atomic E-state index is -3.10. The van der Waals surface area contributed by atoms with Crippen molar-refractivity contribution in [1.82, 2.24) is 14.8 Å². The first-order valence-corrected chi connectivity index (χ1v) is 8.42. The van der Waals surface area contributed by atoms with Crippen molar-refractivity contribution in [2.24, 2.45) is 5.92 Å². The van der Waals surface area contributed by atoms with Crippen LogP contribution >= 0.6 is 0 Å². The first-order valence-electron chi connectivity index (χ1n) is 6.71. The number of hydrogen-bond donors (Lipinski definition) is 1. The third-order valence-corrected chi connectivity index (χ3v) is 6.67. The van der Waals surface area contributed by atoms with Gasteiger partial charge in [-0.05, 0) is 26.2 Å². The largest absolute Gasteiger partial charge is 0.357 e. The monoisotopic (exact) mass is 297 g/mol. The van der Waals surface area contributed by atoms with Gasteiger partial charge in [0.2, 0.25) is 0 Å². The third kappa shape index (κ3) is 2.05. The molecule has 0 unspecified atom stereocenters. The van der Waals surface area contributed by atoms with Gasteiger partial charge in [0.15, 0.2) is 9.84 Å². The van der Waals surface area contributed by atoms with Crippen LogP contribution < -0.4 is 0 Å². The number of fused-ring (bicyclic) bond motifs is 1. The average molecular weight is 297 g/mol. The van der Waals surface area contributed by atoms with Gasteiger partial charge in [0.05, 0.1) is 11.0 Å². The van der Waals surface area contributed by atoms with Crippen LogP contribution in [0.5, 0.6) is 0 Å². The molecule has 6 nitrogen and oxygen atoms in total. The number of H-pyrrole nitrogens is 1. The van der Waals surface area contributed by atoms with E-state index in [-0.39, 0.29) is 23.6 Å². The Hall–Kier alpha value is -1.34. The van der Waals surface area contributed by atoms with Crippen molar-refractivity contribution in [2.45, 2.75) is 11.3 Å². The molecule has 3 atom stereocenters. The van der Waals surface area contributed by atoms with Crippen LogP contribution in [0.3, 0.4) is 0 Å². The molecular formula is C13H19N3O3S. The Labute approximate surface area is 118 Å². The minimum Gasteiger partial charge on any atom is -0.357 e. The van der Waals surface area contributed by atoms with Gasteiger partial charge in [-0.1, -0.05) is 0 Å². The Morgan fingerprint density at radius 3 is 2.75 bits per heavy atom. The van der Waals surface area contributed by atoms with Gasteiger partial charge in [-0.25, -0.2) is 8.42 Å². The molecule has 0 aromatic carbocycles. The maximum Gasteiger partial charge on any atom is 0.270 e. The van der Waals surface area contributed by atoms with E-state index in [2.05, 4.69) is 4.98 Å². The van der Waals surface area contributed by atoms with Gasteiger partial charge in [-0.3, -0.25) is 4.79 Å². The second-order valence-corrected chi connectivity index (χ2v) is 8.12. The van der Waals surface area contributed by atoms with E-state index in [0.29, 0.717) is 18.8 Å². The lowest BCUT2D eigenvalue weighted by atomic mass is 10.00. The molecule has 1 N–H and O–H groups in total. The van der Waals surface area contributed by atoms with Gasteiger partial charge in [0.25, 0.3) is 5.91 Å². The number of sulfone groups is 1. The average Bonchev–Trinajstić information content (AvgIpc) is 3.06. The van der Waals surface area contributed by atoms with Gasteiger partial charge >= 0.3 is 0 Å². The Morgan fingerprint density at radius 1 is 1.40 bits per heavy atom. The van der Waals surface area contributed by atoms with Gasteiger partial charge in [0, 0.05) is 31.2 Å². The summed E-state index contributed by atoms with van der Waals surface area (Å²) in [5.41, 5.74) is 0.517. The Balaban J connectivity index is 1.83. The first-order chi connectivity index (χ1) is 9.40. The summed E-state index contributed by atoms with van der Waals surface area (Å²) in [5.74, 6) is 0.117. The predicted molar refractivity (Wildman–Crippen MR) is 75.2 cm³/mol. The first kappa shape index (κ1) is 13.6. The van der Waals surface area contributed by atoms with Crippen LogP contribution in [0, 0.1) is 5.92 Å². The lowest BCUT2D eigenvalue weighted by Crippen LogP contribution is -2.38. The van der Waals surface area contributed by atoms with Crippen molar-refractivity contribution in [3.8, 4) is 0 Å². The zero-order valence-electron chi connectivity index (χ0n) is 11.6. The highest BCUT2D eigenvalue weighted by Crippen LogP contribution is 2.36. The van der Waals surface area contributed by atoms with Crippen molar-refractivity contribution in [2.75, 3.05) is 32.9 Å². The topological polar surface area (TPSA) is 73.5 Å². The summed E-state index contributed by atoms with van der Waals surface area (Å²) >= 11 is 0. The summed E-state index contributed by atoms with van der Waals surface area (Å²) in [5, 5.41) is -0.409. The highest BCUT2D eigenvalue weighted by atomic mass is 32.2. The molecule has 1 aromatic heterocycles. The standard InChI is InChI=1S/C13H19N3O3S/c1-15(2)11-8-20(18,19)12-7-16(6-9(11)12)13(17)10-4-3-5-14-10/h3-5,9,11-12,14H,6-8H2,1-2H3/t9-,11+,12-/m0/s1. The molecule has 20 heavy (non-hydrogen) atoms. The zero-order chi connectivity index (χ0) is 14.5. The molecule has 2 aliphatic rings. The molecule has 3 heterocycles. The van der Waals surface area contributed by atoms with E-state index in [0.717, 1.165) is 0 Å². The molecule has 3 rings (SSSR count). The zero-order valence-corrected chi connectivity index (χ0v) is 12.4. The number of carbonyl (C=O) groups is 1. The predicted octanol–water partition coefficient (Wildman–Crippen LogP) is -0.186. The van der Waals surface area contributed by atoms with Crippen molar-refractivity contribution in [1.29, 1.82) is 0 Å². The highest BCUT2D eigenvalue weighted by Gasteiger charge is 2.53. The molecule has 0 bridgehead atoms. The lowest BCUT2D eigenvalue weighted by molar-refractivity contribution is 0.0774. The molecule has 0 aliphatic carbocycles. The molecule has 1 aromatic rings. The molecule has 0 saturated carbocycles. The van der Waals surface area contributed by atoms with Gasteiger partial charge in [0.1, 0.15) is 5.69 Å². The Morgan fingerprint density at radius 2 is 2.15 bits per heavy atom. The van der Waals surface area contributed by atoms with Crippen LogP contribution in [0.4, 0.5) is 0 Å². The van der Waals surface area contributed by atoms with Crippen molar-refractivity contribution in [3.63, 3.8) is 0 Å². The number of aromatic amines is 1. The maximum absolute atomic E-state index is 12.3. The fraction of sp³-hybridized carbons (Fsp3) is 0.615. The lowest BCUT2D eigenvalue weighted by Gasteiger charge is -2.24. The molecule has 2 saturated heterocycles. The summed E-state index contributed by atoms with van der Waals surface area (Å²) in [4.78, 5) is 18.8. The number of rotatable bonds is 2. The van der Waals surface area contributed by atoms with Crippen LogP contribution in [-0.2, 0) is 9.84 Å². The van der Waals surface area contributed by atoms with Crippen LogP contribution in [0.25, 0.3) is 0 Å². The summed E-state index contributed by atoms with van der Waals surface area (Å²) in [6.07, 6.45) is 1.70. The fourth-order valence-corrected chi connectivity index (χ4v) is 5.84. The summed E-state index contributed by atoms with van der Waals surface area (Å²) in [7, 11) is 0.703. The highest BCUT2D eigenvalue weighted by molar-refractivity contribution is 7.92. The maximum atomic E-state index is 12.3. The van der Waals surface area contributed by atoms with Crippen molar-refractivity contribution >= 4 is 15.7 Å². The van der Waals surface area contributed by atoms with Crippen LogP contribution in [0.15, 0.2) is 18.3 Å². The number of amides is 1. The molecule has 2 fully saturated rings. The number of hydrogen-bond acceptors (Lipinski definition) is 4. The molecule has 1 amide bonds. The van der Waals surface area contributed by atoms with E-state index in [1.165, 1.54) is 0 Å². The van der Waals surface area contributed by atoms with Gasteiger partial charge in [-0.15, -0.1) is 0 Å². The van der Waals surface area contributed by atoms with E-state index >= 15 is 0 Å². The third-order valence-electron chi connectivity index (χ3n) is 4.45. The number of carbonyl (C=O) groups excluding carboxylic acids is 1. The second kappa shape index (κ2) is 4.60. The number of likely N-dealkylation sites (tertiary alicyclic amines) is 1. The summed E-state index contributed by atoms with van der Waals surface area (Å²) < 4.78 is 24.5. The quantitative estimate of drug-likeness (QED) is 0.821. The molecule has 0 radical (unpaired) electrons. The number of nitrogens with one attached hydrogen (secondary N) is 1. The second-order valence-electron chi connectivity index (χ2n) is 5.86. The van der Waals surface area contributed by atoms with E-state index in [4.69, 9.17) is 0 Å². The SMILES string of the molecule is CN(C)[C@@H]1CS(=O)(=O)[C@H]2CN(C(=O)c3ccc[nH]3)C[C@@H]12. The van der Waals surface area contributed by atoms with E-state index < -0.39 is 15.1 Å².